The minimum absolute atomic E-state index is 0.612. The molecule has 0 spiro atoms. The van der Waals surface area contributed by atoms with Gasteiger partial charge >= 0.3 is 0 Å². The first-order chi connectivity index (χ1) is 7.58. The van der Waals surface area contributed by atoms with E-state index in [0.717, 1.165) is 11.4 Å². The smallest absolute Gasteiger partial charge is 0.143 e. The molecule has 16 heavy (non-hydrogen) atoms. The second kappa shape index (κ2) is 3.88. The van der Waals surface area contributed by atoms with Crippen LogP contribution in [0.2, 0.25) is 0 Å². The third kappa shape index (κ3) is 1.86. The average molecular weight is 217 g/mol. The van der Waals surface area contributed by atoms with Crippen molar-refractivity contribution in [3.8, 4) is 0 Å². The van der Waals surface area contributed by atoms with Crippen LogP contribution < -0.4 is 5.01 Å². The maximum Gasteiger partial charge on any atom is 0.143 e. The largest absolute Gasteiger partial charge is 0.370 e. The highest BCUT2D eigenvalue weighted by molar-refractivity contribution is 6.05. The molecule has 0 unspecified atom stereocenters. The predicted octanol–water partition coefficient (Wildman–Crippen LogP) is 1.95. The number of amidine groups is 2. The van der Waals surface area contributed by atoms with Crippen molar-refractivity contribution in [1.82, 2.24) is 9.97 Å². The van der Waals surface area contributed by atoms with Gasteiger partial charge in [0, 0.05) is 11.8 Å². The van der Waals surface area contributed by atoms with E-state index < -0.39 is 0 Å². The second-order valence-corrected chi connectivity index (χ2v) is 3.63. The zero-order chi connectivity index (χ0) is 11.7. The zero-order valence-electron chi connectivity index (χ0n) is 9.76. The molecule has 6 nitrogen and oxygen atoms in total. The van der Waals surface area contributed by atoms with Crippen molar-refractivity contribution in [2.45, 2.75) is 27.7 Å². The molecule has 1 aromatic heterocycles. The van der Waals surface area contributed by atoms with Crippen molar-refractivity contribution < 1.29 is 0 Å². The molecule has 0 aromatic carbocycles. The van der Waals surface area contributed by atoms with E-state index in [9.17, 15) is 0 Å². The molecular formula is C10H13N6-. The van der Waals surface area contributed by atoms with Crippen LogP contribution in [0, 0.1) is 13.8 Å². The van der Waals surface area contributed by atoms with Gasteiger partial charge in [0.25, 0.3) is 0 Å². The Kier molecular flexibility index (Phi) is 2.55. The molecule has 0 fully saturated rings. The van der Waals surface area contributed by atoms with Gasteiger partial charge in [-0.05, 0) is 27.7 Å². The van der Waals surface area contributed by atoms with Crippen molar-refractivity contribution in [3.63, 3.8) is 0 Å². The highest BCUT2D eigenvalue weighted by Crippen LogP contribution is 2.20. The molecule has 1 aliphatic heterocycles. The molecule has 0 N–H and O–H groups in total. The van der Waals surface area contributed by atoms with Crippen molar-refractivity contribution in [2.75, 3.05) is 5.01 Å². The Labute approximate surface area is 94.1 Å². The summed E-state index contributed by atoms with van der Waals surface area (Å²) in [5.74, 6) is 2.78. The maximum atomic E-state index is 4.37. The van der Waals surface area contributed by atoms with Crippen LogP contribution in [0.4, 0.5) is 5.82 Å². The molecule has 1 aliphatic rings. The molecule has 2 rings (SSSR count). The Morgan fingerprint density at radius 2 is 1.94 bits per heavy atom. The van der Waals surface area contributed by atoms with Gasteiger partial charge in [-0.2, -0.15) is 0 Å². The molecule has 2 heterocycles. The lowest BCUT2D eigenvalue weighted by atomic mass is 10.3. The number of aromatic nitrogens is 2. The summed E-state index contributed by atoms with van der Waals surface area (Å²) in [6.07, 6.45) is 1.78. The lowest BCUT2D eigenvalue weighted by Crippen LogP contribution is -2.28. The molecule has 1 aromatic rings. The van der Waals surface area contributed by atoms with Crippen LogP contribution >= 0.6 is 0 Å². The van der Waals surface area contributed by atoms with Crippen LogP contribution in [0.1, 0.15) is 25.2 Å². The van der Waals surface area contributed by atoms with Gasteiger partial charge in [0.1, 0.15) is 17.5 Å². The topological polar surface area (TPSA) is 67.8 Å². The second-order valence-electron chi connectivity index (χ2n) is 3.63. The Balaban J connectivity index is 2.46. The minimum Gasteiger partial charge on any atom is -0.370 e. The van der Waals surface area contributed by atoms with Crippen molar-refractivity contribution in [1.29, 1.82) is 0 Å². The third-order valence-electron chi connectivity index (χ3n) is 2.16. The predicted molar refractivity (Wildman–Crippen MR) is 63.6 cm³/mol. The number of nitrogens with zero attached hydrogens (tertiary/aromatic N) is 6. The quantitative estimate of drug-likeness (QED) is 0.722. The number of rotatable bonds is 1. The Morgan fingerprint density at radius 1 is 1.19 bits per heavy atom. The van der Waals surface area contributed by atoms with Crippen molar-refractivity contribution in [3.05, 3.63) is 23.0 Å². The summed E-state index contributed by atoms with van der Waals surface area (Å²) in [5.41, 5.74) is 4.85. The fraction of sp³-hybridized carbons (Fsp3) is 0.400. The van der Waals surface area contributed by atoms with Crippen LogP contribution in [0.5, 0.6) is 0 Å². The molecule has 0 radical (unpaired) electrons. The van der Waals surface area contributed by atoms with Gasteiger partial charge in [0.05, 0.1) is 0 Å². The molecule has 0 atom stereocenters. The summed E-state index contributed by atoms with van der Waals surface area (Å²) in [6.45, 7) is 7.43. The van der Waals surface area contributed by atoms with E-state index in [1.165, 1.54) is 0 Å². The molecule has 0 bridgehead atoms. The summed E-state index contributed by atoms with van der Waals surface area (Å²) in [7, 11) is 0. The number of hydrogen-bond acceptors (Lipinski definition) is 5. The lowest BCUT2D eigenvalue weighted by molar-refractivity contribution is 0.960. The maximum absolute atomic E-state index is 4.37. The number of aryl methyl sites for hydroxylation is 2. The van der Waals surface area contributed by atoms with Crippen molar-refractivity contribution in [2.24, 2.45) is 10.2 Å². The van der Waals surface area contributed by atoms with Gasteiger partial charge in [-0.15, -0.1) is 0 Å². The van der Waals surface area contributed by atoms with Gasteiger partial charge in [-0.3, -0.25) is 5.01 Å². The third-order valence-corrected chi connectivity index (χ3v) is 2.16. The van der Waals surface area contributed by atoms with Crippen LogP contribution in [-0.4, -0.2) is 21.6 Å². The van der Waals surface area contributed by atoms with Crippen LogP contribution in [-0.2, 0) is 0 Å². The normalized spacial score (nSPS) is 15.4. The molecule has 0 amide bonds. The van der Waals surface area contributed by atoms with E-state index in [1.807, 2.05) is 20.8 Å². The standard InChI is InChI=1S/C10H13N6/c1-6-5-11-7(2)12-10(6)16-9(4)14-13-8(3)15-16/h5H,1-4H3/q-1. The van der Waals surface area contributed by atoms with Gasteiger partial charge in [0.15, 0.2) is 0 Å². The zero-order valence-corrected chi connectivity index (χ0v) is 9.76. The summed E-state index contributed by atoms with van der Waals surface area (Å²) in [4.78, 5) is 8.50. The lowest BCUT2D eigenvalue weighted by Gasteiger charge is -2.32. The summed E-state index contributed by atoms with van der Waals surface area (Å²) in [5, 5.41) is 10.0. The van der Waals surface area contributed by atoms with Gasteiger partial charge in [-0.1, -0.05) is 5.84 Å². The van der Waals surface area contributed by atoms with E-state index in [-0.39, 0.29) is 0 Å². The van der Waals surface area contributed by atoms with E-state index in [4.69, 9.17) is 0 Å². The van der Waals surface area contributed by atoms with Crippen molar-refractivity contribution >= 4 is 17.5 Å². The highest BCUT2D eigenvalue weighted by atomic mass is 15.6. The molecule has 0 saturated carbocycles. The molecular weight excluding hydrogens is 204 g/mol. The number of hydrogen-bond donors (Lipinski definition) is 0. The highest BCUT2D eigenvalue weighted by Gasteiger charge is 2.11. The Hall–Kier alpha value is -1.98. The van der Waals surface area contributed by atoms with Crippen LogP contribution in [0.3, 0.4) is 0 Å². The summed E-state index contributed by atoms with van der Waals surface area (Å²) in [6, 6.07) is 0. The summed E-state index contributed by atoms with van der Waals surface area (Å²) >= 11 is 0. The van der Waals surface area contributed by atoms with E-state index in [0.29, 0.717) is 17.5 Å². The SMILES string of the molecule is CC1=NN(c2nc(C)ncc2C)C(C)=N[N-]1. The molecule has 6 heteroatoms. The molecule has 0 aliphatic carbocycles. The first kappa shape index (κ1) is 10.5. The van der Waals surface area contributed by atoms with E-state index in [1.54, 1.807) is 18.1 Å². The average Bonchev–Trinajstić information content (AvgIpc) is 2.25. The Bertz CT molecular complexity index is 476. The first-order valence-electron chi connectivity index (χ1n) is 4.99. The van der Waals surface area contributed by atoms with E-state index >= 15 is 0 Å². The number of hydrazone groups is 1. The number of anilines is 1. The Morgan fingerprint density at radius 3 is 2.69 bits per heavy atom. The molecule has 0 saturated heterocycles. The first-order valence-corrected chi connectivity index (χ1v) is 4.99. The monoisotopic (exact) mass is 217 g/mol. The van der Waals surface area contributed by atoms with Crippen LogP contribution in [0.15, 0.2) is 16.4 Å². The van der Waals surface area contributed by atoms with Gasteiger partial charge in [0.2, 0.25) is 0 Å². The minimum atomic E-state index is 0.612. The van der Waals surface area contributed by atoms with Crippen LogP contribution in [0.25, 0.3) is 5.43 Å². The fourth-order valence-corrected chi connectivity index (χ4v) is 1.36. The van der Waals surface area contributed by atoms with Gasteiger partial charge in [-0.25, -0.2) is 15.1 Å². The van der Waals surface area contributed by atoms with Gasteiger partial charge < -0.3 is 10.5 Å². The molecule has 84 valence electrons. The summed E-state index contributed by atoms with van der Waals surface area (Å²) < 4.78 is 0. The fourth-order valence-electron chi connectivity index (χ4n) is 1.36. The van der Waals surface area contributed by atoms with E-state index in [2.05, 4.69) is 25.6 Å².